The topological polar surface area (TPSA) is 74.2 Å². The molecule has 29 heavy (non-hydrogen) atoms. The molecular formula is C21H27FN4O3. The van der Waals surface area contributed by atoms with Gasteiger partial charge in [0, 0.05) is 37.2 Å². The van der Waals surface area contributed by atoms with Gasteiger partial charge >= 0.3 is 0 Å². The second-order valence-corrected chi connectivity index (χ2v) is 8.34. The van der Waals surface area contributed by atoms with E-state index in [1.807, 2.05) is 13.8 Å². The highest BCUT2D eigenvalue weighted by Crippen LogP contribution is 2.31. The number of benzene rings is 1. The Bertz CT molecular complexity index is 803. The molecule has 1 aromatic rings. The molecule has 3 aliphatic rings. The molecule has 1 aromatic carbocycles. The van der Waals surface area contributed by atoms with Gasteiger partial charge in [0.25, 0.3) is 5.91 Å². The zero-order valence-electron chi connectivity index (χ0n) is 16.8. The molecule has 0 unspecified atom stereocenters. The first-order valence-corrected chi connectivity index (χ1v) is 10.3. The number of amides is 2. The molecule has 0 aromatic heterocycles. The molecular weight excluding hydrogens is 375 g/mol. The average Bonchev–Trinajstić information content (AvgIpc) is 3.28. The van der Waals surface area contributed by atoms with Gasteiger partial charge in [-0.15, -0.1) is 0 Å². The van der Waals surface area contributed by atoms with Crippen molar-refractivity contribution in [2.24, 2.45) is 17.0 Å². The maximum absolute atomic E-state index is 13.1. The molecule has 0 radical (unpaired) electrons. The van der Waals surface area contributed by atoms with Crippen LogP contribution in [0.5, 0.6) is 0 Å². The van der Waals surface area contributed by atoms with Crippen LogP contribution in [0.1, 0.15) is 37.0 Å². The van der Waals surface area contributed by atoms with Crippen molar-refractivity contribution in [2.45, 2.75) is 38.8 Å². The highest BCUT2D eigenvalue weighted by Gasteiger charge is 2.46. The van der Waals surface area contributed by atoms with Crippen LogP contribution in [0.4, 0.5) is 4.39 Å². The lowest BCUT2D eigenvalue weighted by Gasteiger charge is -2.34. The van der Waals surface area contributed by atoms with Crippen molar-refractivity contribution in [1.82, 2.24) is 15.1 Å². The first-order chi connectivity index (χ1) is 13.9. The molecule has 2 atom stereocenters. The Balaban J connectivity index is 1.34. The highest BCUT2D eigenvalue weighted by molar-refractivity contribution is 5.95. The maximum atomic E-state index is 13.1. The van der Waals surface area contributed by atoms with Gasteiger partial charge in [0.05, 0.1) is 12.5 Å². The summed E-state index contributed by atoms with van der Waals surface area (Å²) in [6, 6.07) is 5.76. The summed E-state index contributed by atoms with van der Waals surface area (Å²) in [5, 5.41) is 7.29. The van der Waals surface area contributed by atoms with Crippen molar-refractivity contribution >= 4 is 17.6 Å². The second kappa shape index (κ2) is 8.00. The third-order valence-electron chi connectivity index (χ3n) is 5.88. The van der Waals surface area contributed by atoms with E-state index in [9.17, 15) is 14.0 Å². The monoisotopic (exact) mass is 402 g/mol. The number of oxime groups is 1. The van der Waals surface area contributed by atoms with Gasteiger partial charge in [0.2, 0.25) is 5.91 Å². The van der Waals surface area contributed by atoms with Crippen LogP contribution >= 0.6 is 0 Å². The standard InChI is InChI=1S/C21H27FN4O3/c1-13(2)23-20(27)14-7-9-25(10-8-14)19-17-11-26(12-18(17)29-24-19)21(28)15-3-5-16(22)6-4-15/h3-6,13-14,17-18H,7-12H2,1-2H3,(H,23,27)/t17-,18+/m0/s1. The number of hydrogen-bond acceptors (Lipinski definition) is 5. The van der Waals surface area contributed by atoms with Crippen LogP contribution in [0.15, 0.2) is 29.4 Å². The Morgan fingerprint density at radius 3 is 2.52 bits per heavy atom. The van der Waals surface area contributed by atoms with E-state index in [2.05, 4.69) is 15.4 Å². The van der Waals surface area contributed by atoms with Gasteiger partial charge < -0.3 is 20.0 Å². The van der Waals surface area contributed by atoms with E-state index in [0.717, 1.165) is 31.8 Å². The van der Waals surface area contributed by atoms with E-state index in [-0.39, 0.29) is 41.6 Å². The van der Waals surface area contributed by atoms with E-state index >= 15 is 0 Å². The van der Waals surface area contributed by atoms with Crippen LogP contribution in [0.2, 0.25) is 0 Å². The fourth-order valence-corrected chi connectivity index (χ4v) is 4.32. The van der Waals surface area contributed by atoms with Crippen LogP contribution < -0.4 is 5.32 Å². The van der Waals surface area contributed by atoms with Gasteiger partial charge in [-0.1, -0.05) is 5.16 Å². The molecule has 4 rings (SSSR count). The lowest BCUT2D eigenvalue weighted by Crippen LogP contribution is -2.46. The Kier molecular flexibility index (Phi) is 5.43. The molecule has 0 saturated carbocycles. The van der Waals surface area contributed by atoms with Crippen LogP contribution in [-0.4, -0.2) is 65.8 Å². The van der Waals surface area contributed by atoms with E-state index < -0.39 is 0 Å². The van der Waals surface area contributed by atoms with Crippen LogP contribution in [0.25, 0.3) is 0 Å². The normalized spacial score (nSPS) is 24.3. The fourth-order valence-electron chi connectivity index (χ4n) is 4.32. The number of nitrogens with zero attached hydrogens (tertiary/aromatic N) is 3. The Morgan fingerprint density at radius 2 is 1.86 bits per heavy atom. The molecule has 2 saturated heterocycles. The minimum absolute atomic E-state index is 0.0347. The van der Waals surface area contributed by atoms with Gasteiger partial charge in [0.15, 0.2) is 11.9 Å². The molecule has 0 spiro atoms. The number of fused-ring (bicyclic) bond motifs is 1. The second-order valence-electron chi connectivity index (χ2n) is 8.34. The minimum atomic E-state index is -0.358. The summed E-state index contributed by atoms with van der Waals surface area (Å²) >= 11 is 0. The largest absolute Gasteiger partial charge is 0.388 e. The van der Waals surface area contributed by atoms with Crippen molar-refractivity contribution in [3.05, 3.63) is 35.6 Å². The molecule has 0 aliphatic carbocycles. The molecule has 8 heteroatoms. The lowest BCUT2D eigenvalue weighted by molar-refractivity contribution is -0.126. The molecule has 7 nitrogen and oxygen atoms in total. The summed E-state index contributed by atoms with van der Waals surface area (Å²) in [6.07, 6.45) is 1.43. The zero-order valence-corrected chi connectivity index (χ0v) is 16.8. The molecule has 156 valence electrons. The molecule has 2 fully saturated rings. The van der Waals surface area contributed by atoms with Crippen LogP contribution in [0, 0.1) is 17.7 Å². The van der Waals surface area contributed by atoms with Gasteiger partial charge in [-0.3, -0.25) is 9.59 Å². The molecule has 0 bridgehead atoms. The summed E-state index contributed by atoms with van der Waals surface area (Å²) in [5.41, 5.74) is 0.474. The zero-order chi connectivity index (χ0) is 20.5. The maximum Gasteiger partial charge on any atom is 0.254 e. The smallest absolute Gasteiger partial charge is 0.254 e. The number of halogens is 1. The first-order valence-electron chi connectivity index (χ1n) is 10.3. The predicted octanol–water partition coefficient (Wildman–Crippen LogP) is 1.85. The number of rotatable bonds is 3. The number of carbonyl (C=O) groups excluding carboxylic acids is 2. The Hall–Kier alpha value is -2.64. The van der Waals surface area contributed by atoms with Gasteiger partial charge in [-0.2, -0.15) is 0 Å². The van der Waals surface area contributed by atoms with E-state index in [1.165, 1.54) is 24.3 Å². The Morgan fingerprint density at radius 1 is 1.17 bits per heavy atom. The number of hydrogen-bond donors (Lipinski definition) is 1. The SMILES string of the molecule is CC(C)NC(=O)C1CCN(C2=NO[C@@H]3CN(C(=O)c4ccc(F)cc4)C[C@H]23)CC1. The number of piperidine rings is 1. The summed E-state index contributed by atoms with van der Waals surface area (Å²) in [5.74, 6) is 0.605. The predicted molar refractivity (Wildman–Crippen MR) is 106 cm³/mol. The summed E-state index contributed by atoms with van der Waals surface area (Å²) < 4.78 is 13.1. The van der Waals surface area contributed by atoms with Crippen LogP contribution in [0.3, 0.4) is 0 Å². The molecule has 2 amide bonds. The highest BCUT2D eigenvalue weighted by atomic mass is 19.1. The average molecular weight is 402 g/mol. The summed E-state index contributed by atoms with van der Waals surface area (Å²) in [7, 11) is 0. The molecule has 3 aliphatic heterocycles. The van der Waals surface area contributed by atoms with Crippen molar-refractivity contribution in [1.29, 1.82) is 0 Å². The summed E-state index contributed by atoms with van der Waals surface area (Å²) in [6.45, 7) is 6.46. The number of nitrogens with one attached hydrogen (secondary N) is 1. The van der Waals surface area contributed by atoms with Crippen molar-refractivity contribution in [3.8, 4) is 0 Å². The third kappa shape index (κ3) is 4.06. The molecule has 1 N–H and O–H groups in total. The van der Waals surface area contributed by atoms with Crippen LogP contribution in [-0.2, 0) is 9.63 Å². The van der Waals surface area contributed by atoms with Gasteiger partial charge in [0.1, 0.15) is 5.82 Å². The van der Waals surface area contributed by atoms with E-state index in [0.29, 0.717) is 18.7 Å². The summed E-state index contributed by atoms with van der Waals surface area (Å²) in [4.78, 5) is 34.5. The minimum Gasteiger partial charge on any atom is -0.388 e. The molecule has 3 heterocycles. The fraction of sp³-hybridized carbons (Fsp3) is 0.571. The quantitative estimate of drug-likeness (QED) is 0.837. The number of likely N-dealkylation sites (tertiary alicyclic amines) is 2. The van der Waals surface area contributed by atoms with E-state index in [1.54, 1.807) is 4.90 Å². The van der Waals surface area contributed by atoms with E-state index in [4.69, 9.17) is 4.84 Å². The third-order valence-corrected chi connectivity index (χ3v) is 5.88. The number of amidine groups is 1. The lowest BCUT2D eigenvalue weighted by atomic mass is 9.94. The van der Waals surface area contributed by atoms with Crippen molar-refractivity contribution in [2.75, 3.05) is 26.2 Å². The Labute approximate surface area is 169 Å². The first kappa shape index (κ1) is 19.7. The number of carbonyl (C=O) groups is 2. The van der Waals surface area contributed by atoms with Gasteiger partial charge in [-0.05, 0) is 51.0 Å². The van der Waals surface area contributed by atoms with Crippen molar-refractivity contribution in [3.63, 3.8) is 0 Å². The van der Waals surface area contributed by atoms with Gasteiger partial charge in [-0.25, -0.2) is 4.39 Å². The van der Waals surface area contributed by atoms with Crippen molar-refractivity contribution < 1.29 is 18.8 Å².